The summed E-state index contributed by atoms with van der Waals surface area (Å²) in [6, 6.07) is 66.9. The first-order valence-corrected chi connectivity index (χ1v) is 39.2. The maximum atomic E-state index is 9.95. The van der Waals surface area contributed by atoms with Gasteiger partial charge in [0.05, 0.1) is 55.8 Å². The fourth-order valence-corrected chi connectivity index (χ4v) is 16.4. The molecule has 0 unspecified atom stereocenters. The number of aromatic nitrogens is 6. The van der Waals surface area contributed by atoms with Gasteiger partial charge in [-0.25, -0.2) is 0 Å². The summed E-state index contributed by atoms with van der Waals surface area (Å²) in [7, 11) is 0. The number of nitrogens with zero attached hydrogens (tertiary/aromatic N) is 8. The molecule has 0 fully saturated rings. The lowest BCUT2D eigenvalue weighted by molar-refractivity contribution is 0.531. The van der Waals surface area contributed by atoms with E-state index in [1.165, 1.54) is 0 Å². The van der Waals surface area contributed by atoms with Gasteiger partial charge in [-0.05, 0) is 148 Å². The summed E-state index contributed by atoms with van der Waals surface area (Å²) in [6.45, 7) is 46.4. The fourth-order valence-electron chi connectivity index (χ4n) is 16.4. The van der Waals surface area contributed by atoms with Crippen LogP contribution in [-0.4, -0.2) is 35.8 Å². The van der Waals surface area contributed by atoms with Crippen LogP contribution in [0.4, 0.5) is 34.1 Å². The van der Waals surface area contributed by atoms with Crippen LogP contribution < -0.4 is 26.2 Å². The fraction of sp³-hybridized carbons (Fsp3) is 0.275. The van der Waals surface area contributed by atoms with Crippen molar-refractivity contribution in [1.82, 2.24) is 29.1 Å². The van der Waals surface area contributed by atoms with Gasteiger partial charge in [0.2, 0.25) is 0 Å². The Labute approximate surface area is 668 Å². The molecule has 9 aromatic carbocycles. The van der Waals surface area contributed by atoms with E-state index in [1.807, 2.05) is 6.07 Å². The van der Waals surface area contributed by atoms with E-state index in [-0.39, 0.29) is 66.4 Å². The van der Waals surface area contributed by atoms with Crippen LogP contribution in [-0.2, 0) is 37.9 Å². The minimum absolute atomic E-state index is 0.00770. The highest BCUT2D eigenvalue weighted by atomic mass is 15.2. The van der Waals surface area contributed by atoms with E-state index in [2.05, 4.69) is 348 Å². The topological polar surface area (TPSA) is 67.9 Å². The van der Waals surface area contributed by atoms with Crippen LogP contribution in [0.15, 0.2) is 242 Å². The highest BCUT2D eigenvalue weighted by Crippen LogP contribution is 2.55. The molecule has 17 rings (SSSR count). The predicted molar refractivity (Wildman–Crippen MR) is 473 cm³/mol. The SMILES string of the molecule is [2H]c1c([2H])c([2H])c2c(c1[2H])c1c([2H])c([2H])c([2H])c([2H])c1n2-c1ccc2c(c1)N(c1c(-c3cccc(C(C)(C)C)n3)cccc1-c1cccc(C(C)(C)C)n1)c1cc(C(C)(C)C)cc3c1B2c1ccc(-n2c4ccccc4c4ccccc42)cc1N3c1c(-c2cc(C(C)(C)C)nc(C(C)(C)C)c2)cccc1-c1cc(C(C)(C)C)nc(C(C)(C)C)c1. The number of pyridine rings is 4. The molecular formula is C102H103BN8. The first-order valence-electron chi connectivity index (χ1n) is 43.2. The molecule has 0 saturated carbocycles. The Morgan fingerprint density at radius 1 is 0.288 bits per heavy atom. The lowest BCUT2D eigenvalue weighted by Gasteiger charge is -2.46. The summed E-state index contributed by atoms with van der Waals surface area (Å²) in [4.78, 5) is 27.5. The van der Waals surface area contributed by atoms with E-state index in [9.17, 15) is 8.22 Å². The third-order valence-electron chi connectivity index (χ3n) is 22.5. The molecule has 0 spiro atoms. The van der Waals surface area contributed by atoms with Gasteiger partial charge in [0.1, 0.15) is 0 Å². The minimum atomic E-state index is -0.571. The number of benzene rings is 9. The first kappa shape index (κ1) is 63.6. The molecule has 0 atom stereocenters. The predicted octanol–water partition coefficient (Wildman–Crippen LogP) is 25.3. The molecule has 0 radical (unpaired) electrons. The molecule has 2 aliphatic heterocycles. The summed E-state index contributed by atoms with van der Waals surface area (Å²) in [5, 5.41) is 2.25. The normalized spacial score (nSPS) is 14.6. The molecule has 111 heavy (non-hydrogen) atoms. The van der Waals surface area contributed by atoms with Crippen LogP contribution in [0.1, 0.15) is 196 Å². The van der Waals surface area contributed by atoms with Gasteiger partial charge >= 0.3 is 0 Å². The molecule has 6 aromatic heterocycles. The van der Waals surface area contributed by atoms with E-state index in [0.717, 1.165) is 157 Å². The third kappa shape index (κ3) is 12.5. The molecule has 0 N–H and O–H groups in total. The monoisotopic (exact) mass is 1460 g/mol. The van der Waals surface area contributed by atoms with Crippen LogP contribution in [0.3, 0.4) is 0 Å². The lowest BCUT2D eigenvalue weighted by Crippen LogP contribution is -2.61. The van der Waals surface area contributed by atoms with Crippen LogP contribution in [0.25, 0.3) is 99.8 Å². The van der Waals surface area contributed by atoms with Crippen molar-refractivity contribution in [2.45, 2.75) is 183 Å². The van der Waals surface area contributed by atoms with Gasteiger partial charge in [0.25, 0.3) is 6.71 Å². The van der Waals surface area contributed by atoms with Crippen LogP contribution in [0.2, 0.25) is 0 Å². The van der Waals surface area contributed by atoms with Crippen molar-refractivity contribution in [3.8, 4) is 56.1 Å². The first-order chi connectivity index (χ1) is 55.8. The second-order valence-corrected chi connectivity index (χ2v) is 37.9. The van der Waals surface area contributed by atoms with Gasteiger partial charge in [0.15, 0.2) is 0 Å². The number of fused-ring (bicyclic) bond motifs is 10. The molecule has 0 saturated heterocycles. The standard InChI is InChI=1S/C102H103BN8/c1-96(2,3)64-58-85-93-86(59-64)111(95-73(77-42-32-48-87(104-77)97(4,5)6)40-31-41-74(95)78-43-33-49-88(105-78)98(7,8)9)84-61-66(109-81-46-28-24-36-71(81)72-37-25-29-47-82(72)109)51-53-76(84)103(93)75-52-50-65(108-79-44-26-22-34-69(79)70-35-23-27-45-80(70)108)60-83(75)110(85)94-67(62-54-89(99(10,11)12)106-90(55-62)100(13,14)15)38-30-39-68(94)63-56-91(101(16,17)18)107-92(57-63)102(19,20)21/h22-61H,1-21H3/i24D,25D,28D,29D,36D,37D,46D,47D. The van der Waals surface area contributed by atoms with Gasteiger partial charge in [-0.15, -0.1) is 0 Å². The maximum Gasteiger partial charge on any atom is 0.252 e. The van der Waals surface area contributed by atoms with Crippen molar-refractivity contribution in [3.05, 3.63) is 282 Å². The van der Waals surface area contributed by atoms with Gasteiger partial charge in [-0.3, -0.25) is 19.9 Å². The Balaban J connectivity index is 1.11. The molecule has 15 aromatic rings. The second kappa shape index (κ2) is 25.7. The molecule has 8 nitrogen and oxygen atoms in total. The largest absolute Gasteiger partial charge is 0.310 e. The zero-order valence-corrected chi connectivity index (χ0v) is 68.1. The molecule has 0 aliphatic carbocycles. The molecule has 0 bridgehead atoms. The van der Waals surface area contributed by atoms with Gasteiger partial charge < -0.3 is 18.9 Å². The van der Waals surface area contributed by atoms with Crippen LogP contribution >= 0.6 is 0 Å². The number of rotatable bonds is 8. The maximum absolute atomic E-state index is 9.95. The van der Waals surface area contributed by atoms with E-state index < -0.39 is 48.4 Å². The van der Waals surface area contributed by atoms with E-state index >= 15 is 0 Å². The van der Waals surface area contributed by atoms with Crippen molar-refractivity contribution >= 4 is 101 Å². The molecule has 0 amide bonds. The highest BCUT2D eigenvalue weighted by Gasteiger charge is 2.47. The van der Waals surface area contributed by atoms with E-state index in [1.54, 1.807) is 4.57 Å². The number of hydrogen-bond donors (Lipinski definition) is 0. The molecule has 2 aliphatic rings. The van der Waals surface area contributed by atoms with E-state index in [4.69, 9.17) is 22.7 Å². The molecule has 8 heterocycles. The summed E-state index contributed by atoms with van der Waals surface area (Å²) in [5.41, 5.74) is 22.6. The number of para-hydroxylation sites is 6. The number of anilines is 6. The average Bonchev–Trinajstić information content (AvgIpc) is 1.29. The Hall–Kier alpha value is -11.2. The Morgan fingerprint density at radius 2 is 0.640 bits per heavy atom. The summed E-state index contributed by atoms with van der Waals surface area (Å²) < 4.78 is 80.4. The zero-order chi connectivity index (χ0) is 85.1. The molecule has 554 valence electrons. The van der Waals surface area contributed by atoms with Crippen LogP contribution in [0, 0.1) is 0 Å². The zero-order valence-electron chi connectivity index (χ0n) is 76.1. The summed E-state index contributed by atoms with van der Waals surface area (Å²) >= 11 is 0. The van der Waals surface area contributed by atoms with Crippen molar-refractivity contribution < 1.29 is 11.0 Å². The highest BCUT2D eigenvalue weighted by molar-refractivity contribution is 7.00. The Bertz CT molecular complexity index is 6440. The number of hydrogen-bond acceptors (Lipinski definition) is 6. The molecule has 9 heteroatoms. The van der Waals surface area contributed by atoms with Crippen molar-refractivity contribution in [2.75, 3.05) is 9.80 Å². The second-order valence-electron chi connectivity index (χ2n) is 37.9. The third-order valence-corrected chi connectivity index (χ3v) is 22.5. The summed E-state index contributed by atoms with van der Waals surface area (Å²) in [5.74, 6) is 0. The van der Waals surface area contributed by atoms with Gasteiger partial charge in [-0.2, -0.15) is 0 Å². The van der Waals surface area contributed by atoms with Crippen molar-refractivity contribution in [3.63, 3.8) is 0 Å². The van der Waals surface area contributed by atoms with E-state index in [0.29, 0.717) is 11.4 Å². The van der Waals surface area contributed by atoms with Gasteiger partial charge in [0, 0.05) is 145 Å². The Morgan fingerprint density at radius 3 is 1.03 bits per heavy atom. The van der Waals surface area contributed by atoms with Crippen molar-refractivity contribution in [1.29, 1.82) is 0 Å². The van der Waals surface area contributed by atoms with Gasteiger partial charge in [-0.1, -0.05) is 279 Å². The quantitative estimate of drug-likeness (QED) is 0.141. The minimum Gasteiger partial charge on any atom is -0.310 e. The summed E-state index contributed by atoms with van der Waals surface area (Å²) in [6.07, 6.45) is 0. The average molecular weight is 1460 g/mol. The Kier molecular flexibility index (Phi) is 14.7. The van der Waals surface area contributed by atoms with Crippen molar-refractivity contribution in [2.24, 2.45) is 0 Å². The van der Waals surface area contributed by atoms with Crippen LogP contribution in [0.5, 0.6) is 0 Å². The lowest BCUT2D eigenvalue weighted by atomic mass is 9.33. The smallest absolute Gasteiger partial charge is 0.252 e. The molecular weight excluding hydrogens is 1350 g/mol.